The number of nitrogens with one attached hydrogen (secondary N) is 1. The molecular formula is C17H16FN3O5. The standard InChI is InChI=1S/C17H16FN3O5/c1-20(2)14-7-6-11(8-15(14)21(24)25)17(23)26-10-16(22)19-13-5-3-4-12(18)9-13/h3-9H,10H2,1-2H3,(H,19,22). The van der Waals surface area contributed by atoms with Crippen molar-refractivity contribution < 1.29 is 23.6 Å². The number of nitro benzene ring substituents is 1. The summed E-state index contributed by atoms with van der Waals surface area (Å²) < 4.78 is 17.9. The normalized spacial score (nSPS) is 10.1. The molecule has 0 radical (unpaired) electrons. The van der Waals surface area contributed by atoms with Gasteiger partial charge in [-0.2, -0.15) is 0 Å². The van der Waals surface area contributed by atoms with Gasteiger partial charge in [0, 0.05) is 25.8 Å². The van der Waals surface area contributed by atoms with Crippen LogP contribution in [-0.2, 0) is 9.53 Å². The van der Waals surface area contributed by atoms with Crippen LogP contribution in [0.1, 0.15) is 10.4 Å². The number of esters is 1. The largest absolute Gasteiger partial charge is 0.452 e. The van der Waals surface area contributed by atoms with Crippen LogP contribution in [-0.4, -0.2) is 37.5 Å². The van der Waals surface area contributed by atoms with E-state index in [2.05, 4.69) is 5.32 Å². The van der Waals surface area contributed by atoms with Gasteiger partial charge in [-0.3, -0.25) is 14.9 Å². The fourth-order valence-electron chi connectivity index (χ4n) is 2.15. The molecule has 0 aromatic heterocycles. The predicted octanol–water partition coefficient (Wildman–Crippen LogP) is 2.60. The van der Waals surface area contributed by atoms with Crippen LogP contribution in [0.5, 0.6) is 0 Å². The second-order valence-electron chi connectivity index (χ2n) is 5.49. The molecule has 0 fully saturated rings. The van der Waals surface area contributed by atoms with Gasteiger partial charge in [0.2, 0.25) is 0 Å². The van der Waals surface area contributed by atoms with Crippen LogP contribution >= 0.6 is 0 Å². The van der Waals surface area contributed by atoms with E-state index in [0.29, 0.717) is 5.69 Å². The van der Waals surface area contributed by atoms with Gasteiger partial charge >= 0.3 is 5.97 Å². The minimum absolute atomic E-state index is 0.0548. The lowest BCUT2D eigenvalue weighted by Gasteiger charge is -2.13. The summed E-state index contributed by atoms with van der Waals surface area (Å²) in [5.74, 6) is -2.07. The molecule has 0 bridgehead atoms. The highest BCUT2D eigenvalue weighted by atomic mass is 19.1. The van der Waals surface area contributed by atoms with E-state index in [0.717, 1.165) is 12.1 Å². The van der Waals surface area contributed by atoms with Crippen LogP contribution in [0.15, 0.2) is 42.5 Å². The molecule has 2 aromatic rings. The van der Waals surface area contributed by atoms with Crippen molar-refractivity contribution in [3.63, 3.8) is 0 Å². The van der Waals surface area contributed by atoms with Crippen LogP contribution in [0, 0.1) is 15.9 Å². The lowest BCUT2D eigenvalue weighted by molar-refractivity contribution is -0.384. The summed E-state index contributed by atoms with van der Waals surface area (Å²) in [6.45, 7) is -0.613. The number of hydrogen-bond acceptors (Lipinski definition) is 6. The third-order valence-corrected chi connectivity index (χ3v) is 3.33. The van der Waals surface area contributed by atoms with Gasteiger partial charge < -0.3 is 15.0 Å². The van der Waals surface area contributed by atoms with E-state index in [1.165, 1.54) is 30.3 Å². The summed E-state index contributed by atoms with van der Waals surface area (Å²) in [4.78, 5) is 35.8. The quantitative estimate of drug-likeness (QED) is 0.482. The summed E-state index contributed by atoms with van der Waals surface area (Å²) >= 11 is 0. The first-order valence-electron chi connectivity index (χ1n) is 7.46. The monoisotopic (exact) mass is 361 g/mol. The second kappa shape index (κ2) is 8.06. The van der Waals surface area contributed by atoms with Gasteiger partial charge in [-0.15, -0.1) is 0 Å². The zero-order valence-electron chi connectivity index (χ0n) is 14.1. The number of anilines is 2. The Morgan fingerprint density at radius 1 is 1.23 bits per heavy atom. The van der Waals surface area contributed by atoms with Crippen molar-refractivity contribution in [2.45, 2.75) is 0 Å². The topological polar surface area (TPSA) is 102 Å². The highest BCUT2D eigenvalue weighted by Crippen LogP contribution is 2.27. The van der Waals surface area contributed by atoms with Gasteiger partial charge in [0.15, 0.2) is 6.61 Å². The second-order valence-corrected chi connectivity index (χ2v) is 5.49. The molecule has 26 heavy (non-hydrogen) atoms. The number of nitrogens with zero attached hydrogens (tertiary/aromatic N) is 2. The van der Waals surface area contributed by atoms with Gasteiger partial charge in [-0.25, -0.2) is 9.18 Å². The molecule has 0 saturated carbocycles. The Kier molecular flexibility index (Phi) is 5.84. The highest BCUT2D eigenvalue weighted by molar-refractivity contribution is 5.96. The number of ether oxygens (including phenoxy) is 1. The maximum atomic E-state index is 13.1. The molecule has 2 aromatic carbocycles. The maximum Gasteiger partial charge on any atom is 0.338 e. The van der Waals surface area contributed by atoms with E-state index in [1.807, 2.05) is 0 Å². The maximum absolute atomic E-state index is 13.1. The van der Waals surface area contributed by atoms with Crippen LogP contribution in [0.4, 0.5) is 21.5 Å². The van der Waals surface area contributed by atoms with Gasteiger partial charge in [-0.05, 0) is 30.3 Å². The third kappa shape index (κ3) is 4.76. The van der Waals surface area contributed by atoms with E-state index in [4.69, 9.17) is 4.74 Å². The van der Waals surface area contributed by atoms with Gasteiger partial charge in [0.1, 0.15) is 11.5 Å². The van der Waals surface area contributed by atoms with E-state index >= 15 is 0 Å². The van der Waals surface area contributed by atoms with Crippen LogP contribution in [0.3, 0.4) is 0 Å². The number of halogens is 1. The molecule has 0 atom stereocenters. The van der Waals surface area contributed by atoms with E-state index in [-0.39, 0.29) is 16.9 Å². The number of carbonyl (C=O) groups excluding carboxylic acids is 2. The van der Waals surface area contributed by atoms with Crippen molar-refractivity contribution in [2.75, 3.05) is 30.9 Å². The third-order valence-electron chi connectivity index (χ3n) is 3.33. The van der Waals surface area contributed by atoms with Crippen molar-refractivity contribution in [2.24, 2.45) is 0 Å². The predicted molar refractivity (Wildman–Crippen MR) is 92.7 cm³/mol. The van der Waals surface area contributed by atoms with Crippen molar-refractivity contribution in [3.8, 4) is 0 Å². The van der Waals surface area contributed by atoms with Crippen LogP contribution < -0.4 is 10.2 Å². The Balaban J connectivity index is 2.02. The Labute approximate surface area is 148 Å². The fraction of sp³-hybridized carbons (Fsp3) is 0.176. The van der Waals surface area contributed by atoms with E-state index in [1.54, 1.807) is 19.0 Å². The summed E-state index contributed by atoms with van der Waals surface area (Å²) in [6, 6.07) is 9.11. The summed E-state index contributed by atoms with van der Waals surface area (Å²) in [5.41, 5.74) is 0.238. The molecule has 0 unspecified atom stereocenters. The van der Waals surface area contributed by atoms with Crippen molar-refractivity contribution in [1.29, 1.82) is 0 Å². The van der Waals surface area contributed by atoms with E-state index in [9.17, 15) is 24.1 Å². The van der Waals surface area contributed by atoms with Crippen LogP contribution in [0.25, 0.3) is 0 Å². The van der Waals surface area contributed by atoms with Crippen molar-refractivity contribution >= 4 is 28.9 Å². The lowest BCUT2D eigenvalue weighted by atomic mass is 10.1. The average molecular weight is 361 g/mol. The molecule has 0 aliphatic rings. The minimum atomic E-state index is -0.882. The number of benzene rings is 2. The molecule has 0 aliphatic carbocycles. The molecule has 9 heteroatoms. The Morgan fingerprint density at radius 3 is 2.58 bits per heavy atom. The van der Waals surface area contributed by atoms with Crippen LogP contribution in [0.2, 0.25) is 0 Å². The number of nitro groups is 1. The molecular weight excluding hydrogens is 345 g/mol. The van der Waals surface area contributed by atoms with Gasteiger partial charge in [0.25, 0.3) is 11.6 Å². The lowest BCUT2D eigenvalue weighted by Crippen LogP contribution is -2.21. The molecule has 0 aliphatic heterocycles. The van der Waals surface area contributed by atoms with Gasteiger partial charge in [-0.1, -0.05) is 6.07 Å². The molecule has 0 spiro atoms. The fourth-order valence-corrected chi connectivity index (χ4v) is 2.15. The zero-order valence-corrected chi connectivity index (χ0v) is 14.1. The SMILES string of the molecule is CN(C)c1ccc(C(=O)OCC(=O)Nc2cccc(F)c2)cc1[N+](=O)[O-]. The number of rotatable bonds is 6. The Hall–Kier alpha value is -3.49. The van der Waals surface area contributed by atoms with Crippen molar-refractivity contribution in [3.05, 3.63) is 64.0 Å². The smallest absolute Gasteiger partial charge is 0.338 e. The summed E-state index contributed by atoms with van der Waals surface area (Å²) in [6.07, 6.45) is 0. The Bertz CT molecular complexity index is 854. The number of hydrogen-bond donors (Lipinski definition) is 1. The van der Waals surface area contributed by atoms with Gasteiger partial charge in [0.05, 0.1) is 10.5 Å². The number of carbonyl (C=O) groups is 2. The van der Waals surface area contributed by atoms with E-state index < -0.39 is 29.2 Å². The number of amides is 1. The molecule has 0 heterocycles. The highest BCUT2D eigenvalue weighted by Gasteiger charge is 2.20. The first-order valence-corrected chi connectivity index (χ1v) is 7.46. The summed E-state index contributed by atoms with van der Waals surface area (Å²) in [7, 11) is 3.27. The molecule has 136 valence electrons. The summed E-state index contributed by atoms with van der Waals surface area (Å²) in [5, 5.41) is 13.5. The first kappa shape index (κ1) is 18.8. The molecule has 1 amide bonds. The van der Waals surface area contributed by atoms with Crippen molar-refractivity contribution in [1.82, 2.24) is 0 Å². The molecule has 0 saturated heterocycles. The minimum Gasteiger partial charge on any atom is -0.452 e. The molecule has 8 nitrogen and oxygen atoms in total. The average Bonchev–Trinajstić information content (AvgIpc) is 2.59. The molecule has 2 rings (SSSR count). The molecule has 1 N–H and O–H groups in total. The zero-order chi connectivity index (χ0) is 19.3. The first-order chi connectivity index (χ1) is 12.3. The Morgan fingerprint density at radius 2 is 1.96 bits per heavy atom.